The predicted molar refractivity (Wildman–Crippen MR) is 192 cm³/mol. The summed E-state index contributed by atoms with van der Waals surface area (Å²) in [5.41, 5.74) is 0.710. The van der Waals surface area contributed by atoms with E-state index in [1.807, 2.05) is 42.8 Å². The second-order valence-electron chi connectivity index (χ2n) is 12.5. The number of aromatic nitrogens is 4. The van der Waals surface area contributed by atoms with Gasteiger partial charge in [0.15, 0.2) is 11.6 Å². The molecule has 15 heteroatoms. The van der Waals surface area contributed by atoms with Crippen LogP contribution in [0.4, 0.5) is 31.7 Å². The number of anilines is 4. The van der Waals surface area contributed by atoms with Gasteiger partial charge in [-0.3, -0.25) is 4.72 Å². The van der Waals surface area contributed by atoms with Crippen LogP contribution < -0.4 is 14.9 Å². The molecule has 0 bridgehead atoms. The monoisotopic (exact) mass is 737 g/mol. The van der Waals surface area contributed by atoms with Gasteiger partial charge in [0.1, 0.15) is 34.1 Å². The zero-order chi connectivity index (χ0) is 35.4. The molecule has 4 heterocycles. The number of nitrogens with zero attached hydrogens (tertiary/aromatic N) is 5. The largest absolute Gasteiger partial charge is 0.389 e. The van der Waals surface area contributed by atoms with E-state index in [0.717, 1.165) is 41.8 Å². The fraction of sp³-hybridized carbons (Fsp3) is 0.229. The van der Waals surface area contributed by atoms with Crippen LogP contribution in [0.3, 0.4) is 0 Å². The molecule has 1 saturated heterocycles. The van der Waals surface area contributed by atoms with E-state index in [9.17, 15) is 13.5 Å². The van der Waals surface area contributed by atoms with Crippen molar-refractivity contribution in [1.29, 1.82) is 0 Å². The van der Waals surface area contributed by atoms with Crippen molar-refractivity contribution < 1.29 is 22.3 Å². The zero-order valence-electron chi connectivity index (χ0n) is 26.8. The Labute approximate surface area is 296 Å². The third kappa shape index (κ3) is 6.08. The highest BCUT2D eigenvalue weighted by atomic mass is 35.5. The molecule has 1 aliphatic heterocycles. The van der Waals surface area contributed by atoms with Crippen LogP contribution in [0.25, 0.3) is 27.8 Å². The van der Waals surface area contributed by atoms with Crippen molar-refractivity contribution in [2.45, 2.75) is 37.2 Å². The molecule has 50 heavy (non-hydrogen) atoms. The molecule has 258 valence electrons. The first-order valence-corrected chi connectivity index (χ1v) is 18.0. The highest BCUT2D eigenvalue weighted by molar-refractivity contribution is 7.92. The van der Waals surface area contributed by atoms with E-state index in [0.29, 0.717) is 24.2 Å². The second-order valence-corrected chi connectivity index (χ2v) is 14.9. The Morgan fingerprint density at radius 3 is 2.48 bits per heavy atom. The number of hydrogen-bond acceptors (Lipinski definition) is 8. The summed E-state index contributed by atoms with van der Waals surface area (Å²) in [6, 6.07) is 17.4. The molecule has 3 aromatic heterocycles. The number of benzene rings is 3. The van der Waals surface area contributed by atoms with Gasteiger partial charge in [-0.1, -0.05) is 49.2 Å². The maximum atomic E-state index is 15.8. The number of rotatable bonds is 8. The number of pyridine rings is 1. The van der Waals surface area contributed by atoms with Crippen LogP contribution >= 0.6 is 23.2 Å². The van der Waals surface area contributed by atoms with E-state index in [4.69, 9.17) is 28.2 Å². The SMILES string of the molecule is CC(C)C1(O)CCN(c2cccc3c2ccn3-c2ccc3ncnc(Nc4c(F)ccc(NS(=O)(=O)c5cccc(Cl)c5Cl)c4F)c3n2)CC1. The highest BCUT2D eigenvalue weighted by Crippen LogP contribution is 2.37. The zero-order valence-corrected chi connectivity index (χ0v) is 29.2. The first kappa shape index (κ1) is 33.9. The van der Waals surface area contributed by atoms with E-state index in [1.165, 1.54) is 24.5 Å². The van der Waals surface area contributed by atoms with Gasteiger partial charge in [-0.2, -0.15) is 0 Å². The van der Waals surface area contributed by atoms with E-state index in [-0.39, 0.29) is 32.2 Å². The Morgan fingerprint density at radius 2 is 1.72 bits per heavy atom. The molecule has 0 saturated carbocycles. The molecule has 3 aromatic carbocycles. The Morgan fingerprint density at radius 1 is 0.960 bits per heavy atom. The lowest BCUT2D eigenvalue weighted by Crippen LogP contribution is -2.47. The van der Waals surface area contributed by atoms with Gasteiger partial charge in [0.2, 0.25) is 0 Å². The quantitative estimate of drug-likeness (QED) is 0.143. The maximum absolute atomic E-state index is 15.8. The Kier molecular flexibility index (Phi) is 8.79. The molecule has 0 radical (unpaired) electrons. The van der Waals surface area contributed by atoms with Crippen molar-refractivity contribution in [3.63, 3.8) is 0 Å². The smallest absolute Gasteiger partial charge is 0.263 e. The van der Waals surface area contributed by atoms with Crippen LogP contribution in [-0.2, 0) is 10.0 Å². The Balaban J connectivity index is 1.21. The molecule has 0 aliphatic carbocycles. The van der Waals surface area contributed by atoms with Crippen molar-refractivity contribution in [3.8, 4) is 5.82 Å². The average molecular weight is 739 g/mol. The van der Waals surface area contributed by atoms with Crippen LogP contribution in [0, 0.1) is 17.6 Å². The second kappa shape index (κ2) is 13.0. The lowest BCUT2D eigenvalue weighted by atomic mass is 9.81. The number of hydrogen-bond donors (Lipinski definition) is 3. The maximum Gasteiger partial charge on any atom is 0.263 e. The first-order chi connectivity index (χ1) is 23.9. The molecule has 0 amide bonds. The minimum atomic E-state index is -4.41. The van der Waals surface area contributed by atoms with E-state index in [1.54, 1.807) is 12.1 Å². The topological polar surface area (TPSA) is 125 Å². The summed E-state index contributed by atoms with van der Waals surface area (Å²) >= 11 is 12.1. The van der Waals surface area contributed by atoms with Crippen molar-refractivity contribution >= 4 is 78.0 Å². The fourth-order valence-corrected chi connectivity index (χ4v) is 8.07. The number of sulfonamides is 1. The molecule has 0 atom stereocenters. The molecule has 10 nitrogen and oxygen atoms in total. The summed E-state index contributed by atoms with van der Waals surface area (Å²) in [7, 11) is -4.41. The van der Waals surface area contributed by atoms with Gasteiger partial charge in [0.05, 0.1) is 32.4 Å². The van der Waals surface area contributed by atoms with Gasteiger partial charge >= 0.3 is 0 Å². The van der Waals surface area contributed by atoms with E-state index in [2.05, 4.69) is 31.0 Å². The van der Waals surface area contributed by atoms with Crippen LogP contribution in [0.15, 0.2) is 84.1 Å². The Hall–Kier alpha value is -4.56. The van der Waals surface area contributed by atoms with Gasteiger partial charge in [-0.15, -0.1) is 0 Å². The molecule has 0 spiro atoms. The molecule has 3 N–H and O–H groups in total. The third-order valence-corrected chi connectivity index (χ3v) is 11.6. The first-order valence-electron chi connectivity index (χ1n) is 15.8. The van der Waals surface area contributed by atoms with Gasteiger partial charge in [0, 0.05) is 30.4 Å². The summed E-state index contributed by atoms with van der Waals surface area (Å²) in [4.78, 5) is 15.2. The lowest BCUT2D eigenvalue weighted by molar-refractivity contribution is -0.0261. The van der Waals surface area contributed by atoms with Crippen molar-refractivity contribution in [3.05, 3.63) is 101 Å². The minimum Gasteiger partial charge on any atom is -0.389 e. The average Bonchev–Trinajstić information content (AvgIpc) is 3.54. The van der Waals surface area contributed by atoms with Crippen LogP contribution in [0.1, 0.15) is 26.7 Å². The summed E-state index contributed by atoms with van der Waals surface area (Å²) in [6.45, 7) is 5.55. The van der Waals surface area contributed by atoms with Gasteiger partial charge in [-0.25, -0.2) is 32.2 Å². The molecule has 1 aliphatic rings. The van der Waals surface area contributed by atoms with E-state index >= 15 is 8.78 Å². The lowest BCUT2D eigenvalue weighted by Gasteiger charge is -2.42. The van der Waals surface area contributed by atoms with Gasteiger partial charge in [-0.05, 0) is 73.4 Å². The van der Waals surface area contributed by atoms with Crippen molar-refractivity contribution in [2.24, 2.45) is 5.92 Å². The highest BCUT2D eigenvalue weighted by Gasteiger charge is 2.35. The third-order valence-electron chi connectivity index (χ3n) is 9.25. The van der Waals surface area contributed by atoms with Crippen LogP contribution in [0.5, 0.6) is 0 Å². The number of halogens is 4. The molecular weight excluding hydrogens is 707 g/mol. The molecule has 0 unspecified atom stereocenters. The molecular formula is C35H31Cl2F2N7O3S. The number of aliphatic hydroxyl groups is 1. The van der Waals surface area contributed by atoms with Crippen molar-refractivity contribution in [1.82, 2.24) is 19.5 Å². The molecule has 6 aromatic rings. The number of nitrogens with one attached hydrogen (secondary N) is 2. The van der Waals surface area contributed by atoms with Gasteiger partial charge in [0.25, 0.3) is 10.0 Å². The normalized spacial score (nSPS) is 14.8. The summed E-state index contributed by atoms with van der Waals surface area (Å²) < 4.78 is 61.1. The van der Waals surface area contributed by atoms with Crippen LogP contribution in [-0.4, -0.2) is 51.7 Å². The summed E-state index contributed by atoms with van der Waals surface area (Å²) in [5.74, 6) is -1.54. The number of piperidine rings is 1. The Bertz CT molecular complexity index is 2380. The molecule has 1 fully saturated rings. The summed E-state index contributed by atoms with van der Waals surface area (Å²) in [5, 5.41) is 14.4. The summed E-state index contributed by atoms with van der Waals surface area (Å²) in [6.07, 6.45) is 4.48. The fourth-order valence-electron chi connectivity index (χ4n) is 6.25. The molecule has 7 rings (SSSR count). The van der Waals surface area contributed by atoms with Gasteiger partial charge < -0.3 is 19.9 Å². The van der Waals surface area contributed by atoms with Crippen molar-refractivity contribution in [2.75, 3.05) is 28.0 Å². The predicted octanol–water partition coefficient (Wildman–Crippen LogP) is 8.09. The standard InChI is InChI=1S/C35H31Cl2F2N7O3S/c1-20(2)35(47)14-17-45(18-15-35)26-6-4-7-27-21(26)13-16-46(27)29-12-11-25-33(42-29)34(41-19-40-25)43-32-23(38)9-10-24(31(32)39)44-50(48,49)28-8-3-5-22(36)30(28)37/h3-13,16,19-20,44,47H,14-15,17-18H2,1-2H3,(H,40,41,43). The number of fused-ring (bicyclic) bond motifs is 2. The minimum absolute atomic E-state index is 0.00403. The van der Waals surface area contributed by atoms with E-state index < -0.39 is 38.6 Å². The van der Waals surface area contributed by atoms with Crippen LogP contribution in [0.2, 0.25) is 10.0 Å².